The third-order valence-electron chi connectivity index (χ3n) is 4.32. The number of benzene rings is 2. The van der Waals surface area contributed by atoms with E-state index < -0.39 is 0 Å². The van der Waals surface area contributed by atoms with Crippen LogP contribution < -0.4 is 4.90 Å². The molecule has 3 rings (SSSR count). The molecule has 22 heavy (non-hydrogen) atoms. The molecule has 0 aromatic heterocycles. The van der Waals surface area contributed by atoms with Crippen LogP contribution in [0.15, 0.2) is 48.5 Å². The quantitative estimate of drug-likeness (QED) is 0.870. The molecule has 3 nitrogen and oxygen atoms in total. The second-order valence-electron chi connectivity index (χ2n) is 5.86. The Hall–Kier alpha value is -2.31. The van der Waals surface area contributed by atoms with Gasteiger partial charge in [-0.3, -0.25) is 4.90 Å². The minimum Gasteiger partial charge on any atom is -0.369 e. The third-order valence-corrected chi connectivity index (χ3v) is 4.32. The highest BCUT2D eigenvalue weighted by atomic mass is 15.3. The van der Waals surface area contributed by atoms with Crippen LogP contribution in [0.5, 0.6) is 0 Å². The third kappa shape index (κ3) is 3.29. The number of rotatable bonds is 3. The van der Waals surface area contributed by atoms with Crippen molar-refractivity contribution in [3.63, 3.8) is 0 Å². The maximum atomic E-state index is 9.02. The van der Waals surface area contributed by atoms with Gasteiger partial charge < -0.3 is 4.90 Å². The summed E-state index contributed by atoms with van der Waals surface area (Å²) in [5.74, 6) is 0. The van der Waals surface area contributed by atoms with Crippen molar-refractivity contribution in [3.05, 3.63) is 65.2 Å². The molecule has 1 saturated heterocycles. The SMILES string of the molecule is Cc1cc(N2CCN(Cc3ccccc3)CC2)ccc1C#N. The molecule has 2 aromatic carbocycles. The Bertz CT molecular complexity index is 665. The van der Waals surface area contributed by atoms with Crippen molar-refractivity contribution in [2.75, 3.05) is 31.1 Å². The number of aryl methyl sites for hydroxylation is 1. The Morgan fingerprint density at radius 2 is 1.73 bits per heavy atom. The van der Waals surface area contributed by atoms with Crippen LogP contribution in [0.4, 0.5) is 5.69 Å². The first-order valence-corrected chi connectivity index (χ1v) is 7.78. The van der Waals surface area contributed by atoms with Gasteiger partial charge in [-0.15, -0.1) is 0 Å². The van der Waals surface area contributed by atoms with Crippen LogP contribution in [0.2, 0.25) is 0 Å². The topological polar surface area (TPSA) is 30.3 Å². The lowest BCUT2D eigenvalue weighted by Gasteiger charge is -2.36. The molecule has 0 spiro atoms. The molecule has 0 atom stereocenters. The largest absolute Gasteiger partial charge is 0.369 e. The highest BCUT2D eigenvalue weighted by Gasteiger charge is 2.17. The lowest BCUT2D eigenvalue weighted by Crippen LogP contribution is -2.46. The number of piperazine rings is 1. The molecule has 0 amide bonds. The minimum absolute atomic E-state index is 0.770. The van der Waals surface area contributed by atoms with E-state index in [0.29, 0.717) is 0 Å². The van der Waals surface area contributed by atoms with Crippen molar-refractivity contribution < 1.29 is 0 Å². The fraction of sp³-hybridized carbons (Fsp3) is 0.316. The van der Waals surface area contributed by atoms with Crippen LogP contribution in [0.3, 0.4) is 0 Å². The van der Waals surface area contributed by atoms with E-state index in [1.165, 1.54) is 11.3 Å². The van der Waals surface area contributed by atoms with Crippen LogP contribution in [0.25, 0.3) is 0 Å². The smallest absolute Gasteiger partial charge is 0.0994 e. The molecule has 1 heterocycles. The fourth-order valence-electron chi connectivity index (χ4n) is 2.98. The molecule has 0 radical (unpaired) electrons. The Morgan fingerprint density at radius 3 is 2.36 bits per heavy atom. The molecular weight excluding hydrogens is 270 g/mol. The predicted octanol–water partition coefficient (Wildman–Crippen LogP) is 3.19. The van der Waals surface area contributed by atoms with Crippen LogP contribution in [-0.4, -0.2) is 31.1 Å². The first-order chi connectivity index (χ1) is 10.8. The summed E-state index contributed by atoms with van der Waals surface area (Å²) in [7, 11) is 0. The van der Waals surface area contributed by atoms with Crippen molar-refractivity contribution in [2.45, 2.75) is 13.5 Å². The van der Waals surface area contributed by atoms with Crippen molar-refractivity contribution in [3.8, 4) is 6.07 Å². The first kappa shape index (κ1) is 14.6. The molecule has 1 aliphatic rings. The Morgan fingerprint density at radius 1 is 1.00 bits per heavy atom. The van der Waals surface area contributed by atoms with E-state index in [0.717, 1.165) is 43.9 Å². The Labute approximate surface area is 132 Å². The lowest BCUT2D eigenvalue weighted by atomic mass is 10.1. The number of nitriles is 1. The molecular formula is C19H21N3. The van der Waals surface area contributed by atoms with Crippen LogP contribution in [0.1, 0.15) is 16.7 Å². The van der Waals surface area contributed by atoms with Crippen LogP contribution >= 0.6 is 0 Å². The van der Waals surface area contributed by atoms with Crippen LogP contribution in [-0.2, 0) is 6.54 Å². The van der Waals surface area contributed by atoms with Gasteiger partial charge in [0, 0.05) is 38.4 Å². The van der Waals surface area contributed by atoms with E-state index in [1.54, 1.807) is 0 Å². The molecule has 3 heteroatoms. The summed E-state index contributed by atoms with van der Waals surface area (Å²) in [4.78, 5) is 4.91. The number of nitrogens with zero attached hydrogens (tertiary/aromatic N) is 3. The van der Waals surface area contributed by atoms with E-state index in [-0.39, 0.29) is 0 Å². The van der Waals surface area contributed by atoms with E-state index in [4.69, 9.17) is 5.26 Å². The summed E-state index contributed by atoms with van der Waals surface area (Å²) >= 11 is 0. The van der Waals surface area contributed by atoms with E-state index in [9.17, 15) is 0 Å². The van der Waals surface area contributed by atoms with Crippen molar-refractivity contribution in [2.24, 2.45) is 0 Å². The molecule has 1 aliphatic heterocycles. The van der Waals surface area contributed by atoms with Crippen molar-refractivity contribution in [1.82, 2.24) is 4.90 Å². The van der Waals surface area contributed by atoms with Gasteiger partial charge in [0.05, 0.1) is 11.6 Å². The average Bonchev–Trinajstić information content (AvgIpc) is 2.56. The van der Waals surface area contributed by atoms with E-state index >= 15 is 0 Å². The summed E-state index contributed by atoms with van der Waals surface area (Å²) in [6.07, 6.45) is 0. The average molecular weight is 291 g/mol. The number of anilines is 1. The molecule has 2 aromatic rings. The number of hydrogen-bond acceptors (Lipinski definition) is 3. The Kier molecular flexibility index (Phi) is 4.41. The molecule has 112 valence electrons. The van der Waals surface area contributed by atoms with Gasteiger partial charge in [0.15, 0.2) is 0 Å². The number of hydrogen-bond donors (Lipinski definition) is 0. The van der Waals surface area contributed by atoms with Gasteiger partial charge in [0.1, 0.15) is 0 Å². The first-order valence-electron chi connectivity index (χ1n) is 7.78. The maximum Gasteiger partial charge on any atom is 0.0994 e. The van der Waals surface area contributed by atoms with Gasteiger partial charge in [-0.2, -0.15) is 5.26 Å². The zero-order valence-electron chi connectivity index (χ0n) is 13.0. The zero-order valence-corrected chi connectivity index (χ0v) is 13.0. The molecule has 0 N–H and O–H groups in total. The lowest BCUT2D eigenvalue weighted by molar-refractivity contribution is 0.250. The van der Waals surface area contributed by atoms with Gasteiger partial charge in [-0.1, -0.05) is 30.3 Å². The summed E-state index contributed by atoms with van der Waals surface area (Å²) in [5.41, 5.74) is 4.44. The van der Waals surface area contributed by atoms with E-state index in [1.807, 2.05) is 13.0 Å². The summed E-state index contributed by atoms with van der Waals surface area (Å²) in [6.45, 7) is 7.27. The molecule has 0 unspecified atom stereocenters. The second-order valence-corrected chi connectivity index (χ2v) is 5.86. The highest BCUT2D eigenvalue weighted by molar-refractivity contribution is 5.53. The van der Waals surface area contributed by atoms with Crippen molar-refractivity contribution >= 4 is 5.69 Å². The fourth-order valence-corrected chi connectivity index (χ4v) is 2.98. The van der Waals surface area contributed by atoms with Gasteiger partial charge in [-0.05, 0) is 36.2 Å². The van der Waals surface area contributed by atoms with Gasteiger partial charge in [0.25, 0.3) is 0 Å². The minimum atomic E-state index is 0.770. The monoisotopic (exact) mass is 291 g/mol. The summed E-state index contributed by atoms with van der Waals surface area (Å²) in [6, 6.07) is 19.0. The summed E-state index contributed by atoms with van der Waals surface area (Å²) in [5, 5.41) is 9.02. The van der Waals surface area contributed by atoms with Gasteiger partial charge in [-0.25, -0.2) is 0 Å². The zero-order chi connectivity index (χ0) is 15.4. The maximum absolute atomic E-state index is 9.02. The van der Waals surface area contributed by atoms with Crippen LogP contribution in [0, 0.1) is 18.3 Å². The van der Waals surface area contributed by atoms with Gasteiger partial charge in [0.2, 0.25) is 0 Å². The Balaban J connectivity index is 1.60. The van der Waals surface area contributed by atoms with Gasteiger partial charge >= 0.3 is 0 Å². The molecule has 0 bridgehead atoms. The molecule has 0 saturated carbocycles. The highest BCUT2D eigenvalue weighted by Crippen LogP contribution is 2.20. The normalized spacial score (nSPS) is 15.5. The van der Waals surface area contributed by atoms with E-state index in [2.05, 4.69) is 58.3 Å². The molecule has 1 fully saturated rings. The summed E-state index contributed by atoms with van der Waals surface area (Å²) < 4.78 is 0. The van der Waals surface area contributed by atoms with Crippen molar-refractivity contribution in [1.29, 1.82) is 5.26 Å². The predicted molar refractivity (Wildman–Crippen MR) is 89.8 cm³/mol. The standard InChI is InChI=1S/C19H21N3/c1-16-13-19(8-7-18(16)14-20)22-11-9-21(10-12-22)15-17-5-3-2-4-6-17/h2-8,13H,9-12,15H2,1H3. The molecule has 0 aliphatic carbocycles. The second kappa shape index (κ2) is 6.64.